The fourth-order valence-electron chi connectivity index (χ4n) is 5.12. The zero-order valence-corrected chi connectivity index (χ0v) is 17.7. The minimum atomic E-state index is -0.694. The Kier molecular flexibility index (Phi) is 5.44. The Morgan fingerprint density at radius 2 is 1.97 bits per heavy atom. The molecule has 0 bridgehead atoms. The number of rotatable bonds is 5. The van der Waals surface area contributed by atoms with Crippen molar-refractivity contribution < 1.29 is 19.1 Å². The molecule has 7 heteroatoms. The molecule has 2 saturated carbocycles. The van der Waals surface area contributed by atoms with Gasteiger partial charge in [0.1, 0.15) is 12.4 Å². The van der Waals surface area contributed by atoms with E-state index in [1.165, 1.54) is 0 Å². The summed E-state index contributed by atoms with van der Waals surface area (Å²) in [7, 11) is 1.88. The Hall–Kier alpha value is -2.80. The number of nitrogens with zero attached hydrogens (tertiary/aromatic N) is 1. The van der Waals surface area contributed by atoms with E-state index in [0.29, 0.717) is 17.7 Å². The predicted molar refractivity (Wildman–Crippen MR) is 115 cm³/mol. The van der Waals surface area contributed by atoms with Crippen molar-refractivity contribution in [2.45, 2.75) is 56.5 Å². The molecule has 5 rings (SSSR count). The van der Waals surface area contributed by atoms with Crippen molar-refractivity contribution in [1.29, 1.82) is 0 Å². The largest absolute Gasteiger partial charge is 0.514 e. The predicted octanol–water partition coefficient (Wildman–Crippen LogP) is 3.33. The number of benzene rings is 1. The van der Waals surface area contributed by atoms with Gasteiger partial charge >= 0.3 is 12.2 Å². The van der Waals surface area contributed by atoms with E-state index in [1.807, 2.05) is 54.4 Å². The Morgan fingerprint density at radius 3 is 2.74 bits per heavy atom. The summed E-state index contributed by atoms with van der Waals surface area (Å²) in [5.74, 6) is 1.18. The van der Waals surface area contributed by atoms with Gasteiger partial charge in [0.25, 0.3) is 0 Å². The number of nitrogens with one attached hydrogen (secondary N) is 2. The molecular formula is C24H29N3O4. The van der Waals surface area contributed by atoms with Crippen LogP contribution >= 0.6 is 0 Å². The third-order valence-corrected chi connectivity index (χ3v) is 6.95. The second-order valence-corrected chi connectivity index (χ2v) is 8.99. The molecule has 31 heavy (non-hydrogen) atoms. The van der Waals surface area contributed by atoms with Crippen molar-refractivity contribution in [1.82, 2.24) is 15.5 Å². The second kappa shape index (κ2) is 8.38. The smallest absolute Gasteiger partial charge is 0.429 e. The number of amides is 2. The second-order valence-electron chi connectivity index (χ2n) is 8.99. The summed E-state index contributed by atoms with van der Waals surface area (Å²) in [6, 6.07) is 10.5. The van der Waals surface area contributed by atoms with Crippen molar-refractivity contribution in [3.05, 3.63) is 59.9 Å². The lowest BCUT2D eigenvalue weighted by Gasteiger charge is -2.25. The molecule has 2 amide bonds. The van der Waals surface area contributed by atoms with Crippen LogP contribution in [-0.2, 0) is 16.1 Å². The maximum Gasteiger partial charge on any atom is 0.514 e. The van der Waals surface area contributed by atoms with Crippen LogP contribution in [0.3, 0.4) is 0 Å². The first-order valence-electron chi connectivity index (χ1n) is 11.2. The molecule has 7 nitrogen and oxygen atoms in total. The Morgan fingerprint density at radius 1 is 1.16 bits per heavy atom. The number of urea groups is 1. The highest BCUT2D eigenvalue weighted by atomic mass is 16.7. The zero-order valence-electron chi connectivity index (χ0n) is 17.7. The van der Waals surface area contributed by atoms with Crippen molar-refractivity contribution in [3.63, 3.8) is 0 Å². The SMILES string of the molecule is CN(C(=O)NC1CCC2C3C=C(OC(=O)OCc4ccccc4)C=CC3NC12)C1CC1. The van der Waals surface area contributed by atoms with E-state index in [2.05, 4.69) is 16.7 Å². The summed E-state index contributed by atoms with van der Waals surface area (Å²) in [6.07, 6.45) is 9.43. The van der Waals surface area contributed by atoms with Gasteiger partial charge in [-0.05, 0) is 49.3 Å². The standard InChI is InChI=1S/C24H29N3O4/c1-27(16-7-8-16)23(28)26-21-12-10-18-19-13-17(9-11-20(19)25-22(18)21)31-24(29)30-14-15-5-3-2-4-6-15/h2-6,9,11,13,16,18-22,25H,7-8,10,12,14H2,1H3,(H,26,28). The number of allylic oxidation sites excluding steroid dienone is 1. The summed E-state index contributed by atoms with van der Waals surface area (Å²) in [6.45, 7) is 0.186. The van der Waals surface area contributed by atoms with E-state index < -0.39 is 6.16 Å². The fraction of sp³-hybridized carbons (Fsp3) is 0.500. The van der Waals surface area contributed by atoms with Gasteiger partial charge in [-0.1, -0.05) is 36.4 Å². The van der Waals surface area contributed by atoms with E-state index >= 15 is 0 Å². The quantitative estimate of drug-likeness (QED) is 0.710. The van der Waals surface area contributed by atoms with Gasteiger partial charge < -0.3 is 25.0 Å². The number of carbonyl (C=O) groups excluding carboxylic acids is 2. The Labute approximate surface area is 182 Å². The highest BCUT2D eigenvalue weighted by Gasteiger charge is 2.49. The topological polar surface area (TPSA) is 79.9 Å². The van der Waals surface area contributed by atoms with E-state index in [4.69, 9.17) is 9.47 Å². The van der Waals surface area contributed by atoms with Crippen LogP contribution in [0, 0.1) is 11.8 Å². The van der Waals surface area contributed by atoms with E-state index in [-0.39, 0.29) is 36.7 Å². The lowest BCUT2D eigenvalue weighted by molar-refractivity contribution is 0.0727. The molecule has 0 spiro atoms. The van der Waals surface area contributed by atoms with Gasteiger partial charge in [-0.3, -0.25) is 0 Å². The molecule has 3 fully saturated rings. The number of hydrogen-bond donors (Lipinski definition) is 2. The molecule has 1 saturated heterocycles. The van der Waals surface area contributed by atoms with Gasteiger partial charge in [-0.15, -0.1) is 0 Å². The lowest BCUT2D eigenvalue weighted by Crippen LogP contribution is -2.51. The molecule has 0 radical (unpaired) electrons. The molecule has 1 aromatic carbocycles. The molecular weight excluding hydrogens is 394 g/mol. The molecule has 4 aliphatic rings. The van der Waals surface area contributed by atoms with Gasteiger partial charge in [0, 0.05) is 37.1 Å². The number of ether oxygens (including phenoxy) is 2. The molecule has 1 aromatic rings. The summed E-state index contributed by atoms with van der Waals surface area (Å²) in [5.41, 5.74) is 0.918. The maximum absolute atomic E-state index is 12.5. The molecule has 1 aliphatic heterocycles. The summed E-state index contributed by atoms with van der Waals surface area (Å²) >= 11 is 0. The van der Waals surface area contributed by atoms with Crippen LogP contribution in [0.5, 0.6) is 0 Å². The molecule has 5 atom stereocenters. The van der Waals surface area contributed by atoms with Crippen LogP contribution in [-0.4, -0.2) is 48.3 Å². The number of carbonyl (C=O) groups is 2. The van der Waals surface area contributed by atoms with E-state index in [0.717, 1.165) is 31.2 Å². The van der Waals surface area contributed by atoms with E-state index in [1.54, 1.807) is 0 Å². The lowest BCUT2D eigenvalue weighted by atomic mass is 9.85. The van der Waals surface area contributed by atoms with Gasteiger partial charge in [0.05, 0.1) is 0 Å². The Bertz CT molecular complexity index is 895. The van der Waals surface area contributed by atoms with Crippen molar-refractivity contribution in [2.24, 2.45) is 11.8 Å². The van der Waals surface area contributed by atoms with Gasteiger partial charge in [-0.2, -0.15) is 0 Å². The van der Waals surface area contributed by atoms with Gasteiger partial charge in [-0.25, -0.2) is 9.59 Å². The highest BCUT2D eigenvalue weighted by molar-refractivity contribution is 5.75. The summed E-state index contributed by atoms with van der Waals surface area (Å²) in [5, 5.41) is 6.91. The van der Waals surface area contributed by atoms with Gasteiger partial charge in [0.2, 0.25) is 0 Å². The minimum Gasteiger partial charge on any atom is -0.429 e. The first-order chi connectivity index (χ1) is 15.1. The molecule has 1 heterocycles. The number of hydrogen-bond acceptors (Lipinski definition) is 5. The van der Waals surface area contributed by atoms with E-state index in [9.17, 15) is 9.59 Å². The average Bonchev–Trinajstić information content (AvgIpc) is 3.47. The maximum atomic E-state index is 12.5. The molecule has 2 N–H and O–H groups in total. The molecule has 164 valence electrons. The molecule has 0 aromatic heterocycles. The van der Waals surface area contributed by atoms with Crippen molar-refractivity contribution >= 4 is 12.2 Å². The minimum absolute atomic E-state index is 0.0288. The average molecular weight is 424 g/mol. The normalized spacial score (nSPS) is 30.7. The van der Waals surface area contributed by atoms with Crippen LogP contribution in [0.4, 0.5) is 9.59 Å². The van der Waals surface area contributed by atoms with Crippen LogP contribution in [0.25, 0.3) is 0 Å². The first kappa shape index (κ1) is 20.1. The molecule has 5 unspecified atom stereocenters. The summed E-state index contributed by atoms with van der Waals surface area (Å²) < 4.78 is 10.7. The Balaban J connectivity index is 1.16. The van der Waals surface area contributed by atoms with Crippen molar-refractivity contribution in [2.75, 3.05) is 7.05 Å². The third kappa shape index (κ3) is 4.32. The zero-order chi connectivity index (χ0) is 21.4. The third-order valence-electron chi connectivity index (χ3n) is 6.95. The van der Waals surface area contributed by atoms with Crippen molar-refractivity contribution in [3.8, 4) is 0 Å². The summed E-state index contributed by atoms with van der Waals surface area (Å²) in [4.78, 5) is 26.5. The van der Waals surface area contributed by atoms with Crippen LogP contribution in [0.2, 0.25) is 0 Å². The fourth-order valence-corrected chi connectivity index (χ4v) is 5.12. The monoisotopic (exact) mass is 423 g/mol. The highest BCUT2D eigenvalue weighted by Crippen LogP contribution is 2.42. The van der Waals surface area contributed by atoms with Crippen LogP contribution in [0.15, 0.2) is 54.3 Å². The molecule has 3 aliphatic carbocycles. The first-order valence-corrected chi connectivity index (χ1v) is 11.2. The van der Waals surface area contributed by atoms with Gasteiger partial charge in [0.15, 0.2) is 0 Å². The number of fused-ring (bicyclic) bond motifs is 3. The van der Waals surface area contributed by atoms with Crippen LogP contribution in [0.1, 0.15) is 31.2 Å². The van der Waals surface area contributed by atoms with Crippen LogP contribution < -0.4 is 10.6 Å².